The number of nitrogens with zero attached hydrogens (tertiary/aromatic N) is 1. The van der Waals surface area contributed by atoms with Crippen LogP contribution in [0, 0.1) is 11.7 Å². The third kappa shape index (κ3) is 4.07. The molecule has 0 radical (unpaired) electrons. The molecule has 1 saturated carbocycles. The molecule has 0 spiro atoms. The Hall–Kier alpha value is -1.95. The number of halogens is 1. The molecule has 1 aliphatic carbocycles. The first-order chi connectivity index (χ1) is 10.6. The molecule has 1 fully saturated rings. The molecule has 1 aromatic rings. The average molecular weight is 323 g/mol. The number of carbonyl (C=O) groups excluding carboxylic acids is 2. The molecule has 0 bridgehead atoms. The van der Waals surface area contributed by atoms with Crippen molar-refractivity contribution in [1.82, 2.24) is 5.06 Å². The zero-order valence-corrected chi connectivity index (χ0v) is 14.1. The van der Waals surface area contributed by atoms with E-state index in [4.69, 9.17) is 9.57 Å². The summed E-state index contributed by atoms with van der Waals surface area (Å²) < 4.78 is 19.5. The number of ether oxygens (including phenoxy) is 1. The predicted molar refractivity (Wildman–Crippen MR) is 82.2 cm³/mol. The summed E-state index contributed by atoms with van der Waals surface area (Å²) in [6.45, 7) is 5.26. The van der Waals surface area contributed by atoms with Crippen molar-refractivity contribution >= 4 is 11.9 Å². The van der Waals surface area contributed by atoms with Gasteiger partial charge < -0.3 is 4.74 Å². The Morgan fingerprint density at radius 2 is 1.96 bits per heavy atom. The van der Waals surface area contributed by atoms with Crippen molar-refractivity contribution in [1.29, 1.82) is 0 Å². The maximum atomic E-state index is 14.3. The Balaban J connectivity index is 2.10. The Labute approximate surface area is 135 Å². The highest BCUT2D eigenvalue weighted by Crippen LogP contribution is 2.49. The molecule has 0 saturated heterocycles. The minimum atomic E-state index is -0.634. The van der Waals surface area contributed by atoms with Crippen molar-refractivity contribution in [2.24, 2.45) is 5.92 Å². The van der Waals surface area contributed by atoms with Crippen molar-refractivity contribution in [3.05, 3.63) is 35.1 Å². The van der Waals surface area contributed by atoms with Crippen molar-refractivity contribution in [2.75, 3.05) is 14.2 Å². The summed E-state index contributed by atoms with van der Waals surface area (Å²) in [7, 11) is 2.94. The van der Waals surface area contributed by atoms with E-state index < -0.39 is 17.4 Å². The van der Waals surface area contributed by atoms with Gasteiger partial charge in [0.1, 0.15) is 11.4 Å². The summed E-state index contributed by atoms with van der Waals surface area (Å²) >= 11 is 0. The molecule has 0 aliphatic heterocycles. The van der Waals surface area contributed by atoms with E-state index in [1.54, 1.807) is 26.8 Å². The van der Waals surface area contributed by atoms with Gasteiger partial charge in [-0.25, -0.2) is 14.2 Å². The van der Waals surface area contributed by atoms with Crippen LogP contribution in [0.3, 0.4) is 0 Å². The van der Waals surface area contributed by atoms with Crippen LogP contribution in [0.4, 0.5) is 4.39 Å². The fourth-order valence-corrected chi connectivity index (χ4v) is 2.43. The van der Waals surface area contributed by atoms with Crippen LogP contribution in [0.5, 0.6) is 0 Å². The van der Waals surface area contributed by atoms with Crippen LogP contribution < -0.4 is 0 Å². The van der Waals surface area contributed by atoms with Crippen molar-refractivity contribution in [2.45, 2.75) is 38.7 Å². The van der Waals surface area contributed by atoms with Gasteiger partial charge in [0.05, 0.1) is 12.7 Å². The lowest BCUT2D eigenvalue weighted by Crippen LogP contribution is -2.27. The number of esters is 1. The Morgan fingerprint density at radius 3 is 2.48 bits per heavy atom. The third-order valence-electron chi connectivity index (χ3n) is 3.73. The molecule has 1 amide bonds. The van der Waals surface area contributed by atoms with Gasteiger partial charge in [-0.15, -0.1) is 0 Å². The first kappa shape index (κ1) is 17.4. The first-order valence-electron chi connectivity index (χ1n) is 7.48. The van der Waals surface area contributed by atoms with Crippen molar-refractivity contribution < 1.29 is 23.6 Å². The van der Waals surface area contributed by atoms with Gasteiger partial charge in [-0.2, -0.15) is 0 Å². The van der Waals surface area contributed by atoms with E-state index in [0.29, 0.717) is 12.0 Å². The van der Waals surface area contributed by atoms with Gasteiger partial charge in [0.25, 0.3) is 0 Å². The lowest BCUT2D eigenvalue weighted by molar-refractivity contribution is -0.170. The number of carbonyl (C=O) groups is 2. The summed E-state index contributed by atoms with van der Waals surface area (Å²) in [5.74, 6) is -1.68. The van der Waals surface area contributed by atoms with Crippen molar-refractivity contribution in [3.8, 4) is 0 Å². The maximum Gasteiger partial charge on any atom is 0.338 e. The van der Waals surface area contributed by atoms with E-state index in [1.807, 2.05) is 0 Å². The molecule has 2 unspecified atom stereocenters. The topological polar surface area (TPSA) is 55.8 Å². The van der Waals surface area contributed by atoms with E-state index in [0.717, 1.165) is 5.06 Å². The van der Waals surface area contributed by atoms with Crippen LogP contribution >= 0.6 is 0 Å². The highest BCUT2D eigenvalue weighted by Gasteiger charge is 2.46. The Kier molecular flexibility index (Phi) is 4.75. The summed E-state index contributed by atoms with van der Waals surface area (Å²) in [4.78, 5) is 28.8. The van der Waals surface area contributed by atoms with Gasteiger partial charge in [0.2, 0.25) is 5.91 Å². The standard InChI is InChI=1S/C17H22FNO4/c1-17(2,3)23-16(21)10-6-7-11(14(18)8-10)12-9-13(12)15(20)19(4)22-5/h6-8,12-13H,9H2,1-5H3. The van der Waals surface area contributed by atoms with E-state index >= 15 is 0 Å². The highest BCUT2D eigenvalue weighted by molar-refractivity contribution is 5.90. The molecular formula is C17H22FNO4. The van der Waals surface area contributed by atoms with Crippen LogP contribution in [-0.4, -0.2) is 36.7 Å². The van der Waals surface area contributed by atoms with Gasteiger partial charge in [0, 0.05) is 13.0 Å². The average Bonchev–Trinajstić information content (AvgIpc) is 3.23. The van der Waals surface area contributed by atoms with Crippen LogP contribution in [0.15, 0.2) is 18.2 Å². The number of amides is 1. The number of hydroxylamine groups is 2. The fraction of sp³-hybridized carbons (Fsp3) is 0.529. The normalized spacial score (nSPS) is 20.1. The lowest BCUT2D eigenvalue weighted by Gasteiger charge is -2.19. The molecular weight excluding hydrogens is 301 g/mol. The van der Waals surface area contributed by atoms with Gasteiger partial charge in [-0.1, -0.05) is 6.07 Å². The molecule has 2 atom stereocenters. The summed E-state index contributed by atoms with van der Waals surface area (Å²) in [6.07, 6.45) is 0.579. The highest BCUT2D eigenvalue weighted by atomic mass is 19.1. The first-order valence-corrected chi connectivity index (χ1v) is 7.48. The van der Waals surface area contributed by atoms with Crippen LogP contribution in [0.1, 0.15) is 49.0 Å². The van der Waals surface area contributed by atoms with Crippen LogP contribution in [-0.2, 0) is 14.4 Å². The third-order valence-corrected chi connectivity index (χ3v) is 3.73. The molecule has 0 N–H and O–H groups in total. The minimum absolute atomic E-state index is 0.165. The monoisotopic (exact) mass is 323 g/mol. The Bertz CT molecular complexity index is 624. The van der Waals surface area contributed by atoms with E-state index in [9.17, 15) is 14.0 Å². The number of hydrogen-bond donors (Lipinski definition) is 0. The van der Waals surface area contributed by atoms with Gasteiger partial charge >= 0.3 is 5.97 Å². The zero-order valence-electron chi connectivity index (χ0n) is 14.1. The minimum Gasteiger partial charge on any atom is -0.456 e. The fourth-order valence-electron chi connectivity index (χ4n) is 2.43. The molecule has 5 nitrogen and oxygen atoms in total. The SMILES string of the molecule is CON(C)C(=O)C1CC1c1ccc(C(=O)OC(C)(C)C)cc1F. The second-order valence-electron chi connectivity index (χ2n) is 6.71. The van der Waals surface area contributed by atoms with E-state index in [1.165, 1.54) is 26.3 Å². The second kappa shape index (κ2) is 6.28. The van der Waals surface area contributed by atoms with Gasteiger partial charge in [0.15, 0.2) is 0 Å². The molecule has 1 aliphatic rings. The maximum absolute atomic E-state index is 14.3. The zero-order chi connectivity index (χ0) is 17.4. The molecule has 126 valence electrons. The largest absolute Gasteiger partial charge is 0.456 e. The number of benzene rings is 1. The summed E-state index contributed by atoms with van der Waals surface area (Å²) in [5.41, 5.74) is -0.0239. The predicted octanol–water partition coefficient (Wildman–Crippen LogP) is 2.90. The molecule has 6 heteroatoms. The van der Waals surface area contributed by atoms with Crippen LogP contribution in [0.2, 0.25) is 0 Å². The summed E-state index contributed by atoms with van der Waals surface area (Å²) in [5, 5.41) is 1.15. The number of hydrogen-bond acceptors (Lipinski definition) is 4. The second-order valence-corrected chi connectivity index (χ2v) is 6.71. The molecule has 2 rings (SSSR count). The van der Waals surface area contributed by atoms with Gasteiger partial charge in [-0.05, 0) is 50.8 Å². The molecule has 23 heavy (non-hydrogen) atoms. The van der Waals surface area contributed by atoms with Crippen molar-refractivity contribution in [3.63, 3.8) is 0 Å². The van der Waals surface area contributed by atoms with E-state index in [-0.39, 0.29) is 23.3 Å². The van der Waals surface area contributed by atoms with Crippen LogP contribution in [0.25, 0.3) is 0 Å². The number of rotatable bonds is 4. The van der Waals surface area contributed by atoms with Gasteiger partial charge in [-0.3, -0.25) is 9.63 Å². The quantitative estimate of drug-likeness (QED) is 0.631. The molecule has 1 aromatic carbocycles. The Morgan fingerprint density at radius 1 is 1.30 bits per heavy atom. The summed E-state index contributed by atoms with van der Waals surface area (Å²) in [6, 6.07) is 4.26. The van der Waals surface area contributed by atoms with E-state index in [2.05, 4.69) is 0 Å². The smallest absolute Gasteiger partial charge is 0.338 e. The lowest BCUT2D eigenvalue weighted by atomic mass is 10.1. The molecule has 0 heterocycles. The molecule has 0 aromatic heterocycles.